The summed E-state index contributed by atoms with van der Waals surface area (Å²) in [5, 5.41) is 3.00. The van der Waals surface area contributed by atoms with Crippen LogP contribution in [0.5, 0.6) is 5.75 Å². The van der Waals surface area contributed by atoms with E-state index in [1.54, 1.807) is 6.08 Å². The van der Waals surface area contributed by atoms with Gasteiger partial charge in [0, 0.05) is 26.2 Å². The van der Waals surface area contributed by atoms with Crippen LogP contribution in [0, 0.1) is 0 Å². The predicted molar refractivity (Wildman–Crippen MR) is 107 cm³/mol. The summed E-state index contributed by atoms with van der Waals surface area (Å²) in [5.74, 6) is 0.654. The lowest BCUT2D eigenvalue weighted by Gasteiger charge is -2.31. The Bertz CT molecular complexity index is 616. The van der Waals surface area contributed by atoms with E-state index in [0.717, 1.165) is 26.1 Å². The number of benzene rings is 1. The zero-order chi connectivity index (χ0) is 18.9. The molecule has 0 aliphatic carbocycles. The first kappa shape index (κ1) is 19.7. The number of amides is 2. The lowest BCUT2D eigenvalue weighted by Crippen LogP contribution is -2.45. The van der Waals surface area contributed by atoms with Gasteiger partial charge in [-0.15, -0.1) is 0 Å². The van der Waals surface area contributed by atoms with Crippen molar-refractivity contribution in [1.29, 1.82) is 0 Å². The standard InChI is InChI=1S/C21H31N3O3/c1-2-14-27-20-10-5-4-9-19(20)22-21(25)24-13-8-15-26-18(17-24)16-23-11-6-3-7-12-23/h2,4-5,9-10,18H,1,3,6-8,11-17H2,(H,22,25)/t18-/m0/s1. The number of likely N-dealkylation sites (tertiary alicyclic amines) is 1. The van der Waals surface area contributed by atoms with Gasteiger partial charge < -0.3 is 24.6 Å². The van der Waals surface area contributed by atoms with Crippen LogP contribution in [0.3, 0.4) is 0 Å². The average molecular weight is 373 g/mol. The van der Waals surface area contributed by atoms with E-state index in [1.807, 2.05) is 29.2 Å². The minimum absolute atomic E-state index is 0.0728. The van der Waals surface area contributed by atoms with E-state index in [2.05, 4.69) is 16.8 Å². The molecule has 2 fully saturated rings. The number of rotatable bonds is 6. The highest BCUT2D eigenvalue weighted by Crippen LogP contribution is 2.24. The van der Waals surface area contributed by atoms with Crippen molar-refractivity contribution < 1.29 is 14.3 Å². The summed E-state index contributed by atoms with van der Waals surface area (Å²) in [7, 11) is 0. The number of carbonyl (C=O) groups is 1. The van der Waals surface area contributed by atoms with E-state index in [4.69, 9.17) is 9.47 Å². The summed E-state index contributed by atoms with van der Waals surface area (Å²) < 4.78 is 11.7. The average Bonchev–Trinajstić information content (AvgIpc) is 2.94. The van der Waals surface area contributed by atoms with Gasteiger partial charge in [-0.1, -0.05) is 31.2 Å². The van der Waals surface area contributed by atoms with Gasteiger partial charge in [0.05, 0.1) is 11.8 Å². The summed E-state index contributed by atoms with van der Waals surface area (Å²) in [6.45, 7) is 9.30. The summed E-state index contributed by atoms with van der Waals surface area (Å²) in [6.07, 6.45) is 6.47. The summed E-state index contributed by atoms with van der Waals surface area (Å²) in [6, 6.07) is 7.39. The smallest absolute Gasteiger partial charge is 0.322 e. The molecule has 3 rings (SSSR count). The third-order valence-corrected chi connectivity index (χ3v) is 5.03. The molecule has 1 aromatic carbocycles. The van der Waals surface area contributed by atoms with Crippen LogP contribution < -0.4 is 10.1 Å². The van der Waals surface area contributed by atoms with Crippen LogP contribution in [-0.4, -0.2) is 67.9 Å². The first-order valence-electron chi connectivity index (χ1n) is 9.99. The van der Waals surface area contributed by atoms with Crippen LogP contribution in [-0.2, 0) is 4.74 Å². The number of anilines is 1. The summed E-state index contributed by atoms with van der Waals surface area (Å²) in [5.41, 5.74) is 0.682. The molecule has 6 heteroatoms. The number of nitrogens with zero attached hydrogens (tertiary/aromatic N) is 2. The fraction of sp³-hybridized carbons (Fsp3) is 0.571. The number of carbonyl (C=O) groups excluding carboxylic acids is 1. The molecule has 2 saturated heterocycles. The maximum absolute atomic E-state index is 12.9. The van der Waals surface area contributed by atoms with E-state index < -0.39 is 0 Å². The molecule has 0 unspecified atom stereocenters. The molecule has 27 heavy (non-hydrogen) atoms. The molecule has 0 radical (unpaired) electrons. The molecule has 6 nitrogen and oxygen atoms in total. The van der Waals surface area contributed by atoms with Gasteiger partial charge in [0.25, 0.3) is 0 Å². The molecule has 2 amide bonds. The van der Waals surface area contributed by atoms with Crippen molar-refractivity contribution in [3.63, 3.8) is 0 Å². The molecule has 148 valence electrons. The van der Waals surface area contributed by atoms with Gasteiger partial charge in [-0.25, -0.2) is 4.79 Å². The summed E-state index contributed by atoms with van der Waals surface area (Å²) in [4.78, 5) is 17.2. The van der Waals surface area contributed by atoms with Crippen LogP contribution in [0.4, 0.5) is 10.5 Å². The number of hydrogen-bond acceptors (Lipinski definition) is 4. The lowest BCUT2D eigenvalue weighted by atomic mass is 10.1. The maximum atomic E-state index is 12.9. The Kier molecular flexibility index (Phi) is 7.54. The highest BCUT2D eigenvalue weighted by atomic mass is 16.5. The molecule has 1 aromatic rings. The number of hydrogen-bond donors (Lipinski definition) is 1. The Hall–Kier alpha value is -2.05. The fourth-order valence-corrected chi connectivity index (χ4v) is 3.66. The van der Waals surface area contributed by atoms with Gasteiger partial charge >= 0.3 is 6.03 Å². The Morgan fingerprint density at radius 3 is 2.85 bits per heavy atom. The van der Waals surface area contributed by atoms with Crippen LogP contribution in [0.2, 0.25) is 0 Å². The van der Waals surface area contributed by atoms with Crippen molar-refractivity contribution in [2.24, 2.45) is 0 Å². The van der Waals surface area contributed by atoms with Gasteiger partial charge in [0.1, 0.15) is 12.4 Å². The van der Waals surface area contributed by atoms with Crippen molar-refractivity contribution in [2.75, 3.05) is 51.3 Å². The molecule has 2 aliphatic heterocycles. The molecule has 0 aromatic heterocycles. The van der Waals surface area contributed by atoms with Crippen molar-refractivity contribution in [3.05, 3.63) is 36.9 Å². The Morgan fingerprint density at radius 2 is 2.04 bits per heavy atom. The van der Waals surface area contributed by atoms with Gasteiger partial charge in [0.15, 0.2) is 0 Å². The normalized spacial score (nSPS) is 21.3. The second kappa shape index (κ2) is 10.3. The molecule has 1 atom stereocenters. The second-order valence-corrected chi connectivity index (χ2v) is 7.18. The van der Waals surface area contributed by atoms with Crippen LogP contribution in [0.15, 0.2) is 36.9 Å². The van der Waals surface area contributed by atoms with Gasteiger partial charge in [-0.2, -0.15) is 0 Å². The zero-order valence-electron chi connectivity index (χ0n) is 16.1. The molecular weight excluding hydrogens is 342 g/mol. The first-order chi connectivity index (χ1) is 13.3. The van der Waals surface area contributed by atoms with E-state index in [9.17, 15) is 4.79 Å². The van der Waals surface area contributed by atoms with E-state index in [0.29, 0.717) is 37.7 Å². The third-order valence-electron chi connectivity index (χ3n) is 5.03. The summed E-state index contributed by atoms with van der Waals surface area (Å²) >= 11 is 0. The van der Waals surface area contributed by atoms with Crippen LogP contribution >= 0.6 is 0 Å². The van der Waals surface area contributed by atoms with Crippen LogP contribution in [0.1, 0.15) is 25.7 Å². The van der Waals surface area contributed by atoms with Crippen molar-refractivity contribution in [3.8, 4) is 5.75 Å². The Labute approximate surface area is 162 Å². The highest BCUT2D eigenvalue weighted by Gasteiger charge is 2.25. The minimum atomic E-state index is -0.0983. The number of ether oxygens (including phenoxy) is 2. The molecule has 2 aliphatic rings. The topological polar surface area (TPSA) is 54.0 Å². The second-order valence-electron chi connectivity index (χ2n) is 7.18. The maximum Gasteiger partial charge on any atom is 0.322 e. The quantitative estimate of drug-likeness (QED) is 0.777. The highest BCUT2D eigenvalue weighted by molar-refractivity contribution is 5.91. The Morgan fingerprint density at radius 1 is 1.22 bits per heavy atom. The van der Waals surface area contributed by atoms with Crippen molar-refractivity contribution in [2.45, 2.75) is 31.8 Å². The first-order valence-corrected chi connectivity index (χ1v) is 9.99. The molecule has 0 saturated carbocycles. The van der Waals surface area contributed by atoms with E-state index in [-0.39, 0.29) is 12.1 Å². The number of para-hydroxylation sites is 2. The molecule has 2 heterocycles. The third kappa shape index (κ3) is 5.97. The van der Waals surface area contributed by atoms with Gasteiger partial charge in [-0.05, 0) is 44.5 Å². The minimum Gasteiger partial charge on any atom is -0.487 e. The van der Waals surface area contributed by atoms with E-state index in [1.165, 1.54) is 19.3 Å². The van der Waals surface area contributed by atoms with Crippen molar-refractivity contribution in [1.82, 2.24) is 9.80 Å². The van der Waals surface area contributed by atoms with Gasteiger partial charge in [-0.3, -0.25) is 0 Å². The monoisotopic (exact) mass is 373 g/mol. The van der Waals surface area contributed by atoms with Gasteiger partial charge in [0.2, 0.25) is 0 Å². The largest absolute Gasteiger partial charge is 0.487 e. The lowest BCUT2D eigenvalue weighted by molar-refractivity contribution is 0.0261. The van der Waals surface area contributed by atoms with Crippen LogP contribution in [0.25, 0.3) is 0 Å². The molecule has 0 bridgehead atoms. The predicted octanol–water partition coefficient (Wildman–Crippen LogP) is 3.36. The number of urea groups is 1. The fourth-order valence-electron chi connectivity index (χ4n) is 3.66. The molecular formula is C21H31N3O3. The van der Waals surface area contributed by atoms with Crippen molar-refractivity contribution >= 4 is 11.7 Å². The SMILES string of the molecule is C=CCOc1ccccc1NC(=O)N1CCCO[C@@H](CN2CCCCC2)C1. The number of nitrogens with one attached hydrogen (secondary N) is 1. The number of piperidine rings is 1. The van der Waals surface area contributed by atoms with E-state index >= 15 is 0 Å². The Balaban J connectivity index is 1.58. The molecule has 0 spiro atoms. The zero-order valence-corrected chi connectivity index (χ0v) is 16.1. The molecule has 1 N–H and O–H groups in total.